The predicted molar refractivity (Wildman–Crippen MR) is 46.8 cm³/mol. The number of alkyl halides is 1. The van der Waals surface area contributed by atoms with Crippen molar-refractivity contribution < 1.29 is 18.7 Å². The molecule has 0 rings (SSSR count). The Morgan fingerprint density at radius 2 is 2.31 bits per heavy atom. The first-order valence-corrected chi connectivity index (χ1v) is 3.78. The number of carbonyl (C=O) groups is 1. The van der Waals surface area contributed by atoms with Crippen LogP contribution in [0.3, 0.4) is 0 Å². The molecule has 0 aliphatic heterocycles. The van der Waals surface area contributed by atoms with Gasteiger partial charge in [-0.2, -0.15) is 0 Å². The highest BCUT2D eigenvalue weighted by Gasteiger charge is 2.14. The average Bonchev–Trinajstić information content (AvgIpc) is 2.10. The molecular formula is C9H13FO3. The number of hydrogen-bond acceptors (Lipinski definition) is 3. The van der Waals surface area contributed by atoms with Gasteiger partial charge in [-0.25, -0.2) is 9.18 Å². The van der Waals surface area contributed by atoms with Crippen LogP contribution < -0.4 is 0 Å². The Hall–Kier alpha value is -1.16. The van der Waals surface area contributed by atoms with E-state index in [2.05, 4.69) is 17.9 Å². The first-order chi connectivity index (χ1) is 6.09. The molecule has 0 amide bonds. The van der Waals surface area contributed by atoms with E-state index < -0.39 is 12.1 Å². The first kappa shape index (κ1) is 11.8. The zero-order valence-electron chi connectivity index (χ0n) is 7.59. The summed E-state index contributed by atoms with van der Waals surface area (Å²) in [6, 6.07) is 0. The van der Waals surface area contributed by atoms with Crippen molar-refractivity contribution in [3.8, 4) is 0 Å². The molecule has 1 unspecified atom stereocenters. The van der Waals surface area contributed by atoms with Gasteiger partial charge in [-0.15, -0.1) is 6.58 Å². The molecule has 0 spiro atoms. The van der Waals surface area contributed by atoms with Crippen LogP contribution >= 0.6 is 0 Å². The van der Waals surface area contributed by atoms with Gasteiger partial charge in [0.1, 0.15) is 6.17 Å². The highest BCUT2D eigenvalue weighted by atomic mass is 19.1. The van der Waals surface area contributed by atoms with Crippen LogP contribution in [-0.4, -0.2) is 25.5 Å². The van der Waals surface area contributed by atoms with Gasteiger partial charge in [0, 0.05) is 0 Å². The molecule has 0 bridgehead atoms. The van der Waals surface area contributed by atoms with Crippen molar-refractivity contribution >= 4 is 5.97 Å². The molecule has 74 valence electrons. The van der Waals surface area contributed by atoms with E-state index in [4.69, 9.17) is 4.74 Å². The molecule has 0 saturated heterocycles. The summed E-state index contributed by atoms with van der Waals surface area (Å²) in [7, 11) is 0. The Morgan fingerprint density at radius 1 is 1.69 bits per heavy atom. The smallest absolute Gasteiger partial charge is 0.338 e. The summed E-state index contributed by atoms with van der Waals surface area (Å²) < 4.78 is 21.7. The molecule has 0 aliphatic rings. The summed E-state index contributed by atoms with van der Waals surface area (Å²) in [6.45, 7) is 7.91. The van der Waals surface area contributed by atoms with E-state index in [1.807, 2.05) is 0 Å². The number of hydrogen-bond donors (Lipinski definition) is 0. The van der Waals surface area contributed by atoms with Crippen molar-refractivity contribution in [2.24, 2.45) is 0 Å². The third kappa shape index (κ3) is 5.14. The monoisotopic (exact) mass is 188 g/mol. The van der Waals surface area contributed by atoms with Crippen LogP contribution in [-0.2, 0) is 14.3 Å². The number of esters is 1. The zero-order valence-corrected chi connectivity index (χ0v) is 7.59. The van der Waals surface area contributed by atoms with Gasteiger partial charge in [0.05, 0.1) is 12.2 Å². The molecule has 0 aromatic carbocycles. The van der Waals surface area contributed by atoms with Crippen LogP contribution in [0.1, 0.15) is 6.92 Å². The Morgan fingerprint density at radius 3 is 2.77 bits per heavy atom. The molecule has 1 atom stereocenters. The van der Waals surface area contributed by atoms with Crippen LogP contribution in [0.15, 0.2) is 24.8 Å². The molecule has 0 radical (unpaired) electrons. The molecular weight excluding hydrogens is 175 g/mol. The first-order valence-electron chi connectivity index (χ1n) is 3.78. The average molecular weight is 188 g/mol. The Labute approximate surface area is 76.8 Å². The van der Waals surface area contributed by atoms with Crippen molar-refractivity contribution in [3.63, 3.8) is 0 Å². The van der Waals surface area contributed by atoms with Gasteiger partial charge in [0.15, 0.2) is 6.79 Å². The standard InChI is InChI=1S/C9H13FO3/c1-4-5-12-6-13-9(11)7(2)8(3)10/h4,8H,1-2,5-6H2,3H3. The molecule has 0 fully saturated rings. The van der Waals surface area contributed by atoms with E-state index in [-0.39, 0.29) is 19.0 Å². The lowest BCUT2D eigenvalue weighted by atomic mass is 10.2. The molecule has 0 aliphatic carbocycles. The largest absolute Gasteiger partial charge is 0.435 e. The second kappa shape index (κ2) is 6.37. The van der Waals surface area contributed by atoms with Crippen LogP contribution in [0.25, 0.3) is 0 Å². The fourth-order valence-electron chi connectivity index (χ4n) is 0.482. The van der Waals surface area contributed by atoms with Crippen LogP contribution in [0.2, 0.25) is 0 Å². The second-order valence-electron chi connectivity index (χ2n) is 2.35. The highest BCUT2D eigenvalue weighted by Crippen LogP contribution is 2.04. The van der Waals surface area contributed by atoms with Crippen molar-refractivity contribution in [3.05, 3.63) is 24.8 Å². The fraction of sp³-hybridized carbons (Fsp3) is 0.444. The van der Waals surface area contributed by atoms with Crippen LogP contribution in [0.5, 0.6) is 0 Å². The number of carbonyl (C=O) groups excluding carboxylic acids is 1. The summed E-state index contributed by atoms with van der Waals surface area (Å²) in [4.78, 5) is 10.9. The summed E-state index contributed by atoms with van der Waals surface area (Å²) in [5.41, 5.74) is -0.206. The van der Waals surface area contributed by atoms with Crippen LogP contribution in [0.4, 0.5) is 4.39 Å². The van der Waals surface area contributed by atoms with Crippen molar-refractivity contribution in [1.82, 2.24) is 0 Å². The molecule has 0 saturated carbocycles. The van der Waals surface area contributed by atoms with E-state index in [1.54, 1.807) is 0 Å². The number of rotatable bonds is 6. The third-order valence-electron chi connectivity index (χ3n) is 1.25. The van der Waals surface area contributed by atoms with Crippen molar-refractivity contribution in [2.45, 2.75) is 13.1 Å². The maximum Gasteiger partial charge on any atom is 0.338 e. The van der Waals surface area contributed by atoms with Gasteiger partial charge in [-0.1, -0.05) is 12.7 Å². The van der Waals surface area contributed by atoms with E-state index in [1.165, 1.54) is 13.0 Å². The minimum absolute atomic E-state index is 0.206. The summed E-state index contributed by atoms with van der Waals surface area (Å²) in [5.74, 6) is -0.779. The molecule has 13 heavy (non-hydrogen) atoms. The van der Waals surface area contributed by atoms with Gasteiger partial charge in [0.25, 0.3) is 0 Å². The minimum Gasteiger partial charge on any atom is -0.435 e. The molecule has 3 nitrogen and oxygen atoms in total. The normalized spacial score (nSPS) is 11.8. The van der Waals surface area contributed by atoms with Crippen molar-refractivity contribution in [2.75, 3.05) is 13.4 Å². The van der Waals surface area contributed by atoms with Gasteiger partial charge < -0.3 is 9.47 Å². The SMILES string of the molecule is C=CCOCOC(=O)C(=C)C(C)F. The van der Waals surface area contributed by atoms with Crippen LogP contribution in [0, 0.1) is 0 Å². The van der Waals surface area contributed by atoms with Gasteiger partial charge in [-0.3, -0.25) is 0 Å². The van der Waals surface area contributed by atoms with E-state index in [9.17, 15) is 9.18 Å². The Balaban J connectivity index is 3.62. The molecule has 4 heteroatoms. The van der Waals surface area contributed by atoms with Gasteiger partial charge in [0.2, 0.25) is 0 Å². The Kier molecular flexibility index (Phi) is 5.80. The van der Waals surface area contributed by atoms with E-state index in [0.29, 0.717) is 0 Å². The number of ether oxygens (including phenoxy) is 2. The second-order valence-corrected chi connectivity index (χ2v) is 2.35. The van der Waals surface area contributed by atoms with Gasteiger partial charge in [-0.05, 0) is 6.92 Å². The lowest BCUT2D eigenvalue weighted by Crippen LogP contribution is -2.15. The fourth-order valence-corrected chi connectivity index (χ4v) is 0.482. The summed E-state index contributed by atoms with van der Waals surface area (Å²) >= 11 is 0. The Bertz CT molecular complexity index is 199. The quantitative estimate of drug-likeness (QED) is 0.209. The predicted octanol–water partition coefficient (Wildman–Crippen LogP) is 1.60. The third-order valence-corrected chi connectivity index (χ3v) is 1.25. The lowest BCUT2D eigenvalue weighted by molar-refractivity contribution is -0.151. The maximum absolute atomic E-state index is 12.5. The maximum atomic E-state index is 12.5. The molecule has 0 aromatic heterocycles. The minimum atomic E-state index is -1.40. The van der Waals surface area contributed by atoms with E-state index in [0.717, 1.165) is 0 Å². The van der Waals surface area contributed by atoms with Gasteiger partial charge >= 0.3 is 5.97 Å². The summed E-state index contributed by atoms with van der Waals surface area (Å²) in [6.07, 6.45) is 0.118. The number of halogens is 1. The summed E-state index contributed by atoms with van der Waals surface area (Å²) in [5, 5.41) is 0. The molecule has 0 N–H and O–H groups in total. The topological polar surface area (TPSA) is 35.5 Å². The van der Waals surface area contributed by atoms with E-state index >= 15 is 0 Å². The lowest BCUT2D eigenvalue weighted by Gasteiger charge is -2.06. The zero-order chi connectivity index (χ0) is 10.3. The van der Waals surface area contributed by atoms with Crippen molar-refractivity contribution in [1.29, 1.82) is 0 Å². The molecule has 0 heterocycles. The molecule has 0 aromatic rings. The highest BCUT2D eigenvalue weighted by molar-refractivity contribution is 5.88.